The maximum absolute atomic E-state index is 12.7. The molecule has 0 radical (unpaired) electrons. The molecule has 1 aromatic heterocycles. The Kier molecular flexibility index (Phi) is 7.26. The van der Waals surface area contributed by atoms with Gasteiger partial charge in [-0.1, -0.05) is 35.2 Å². The Labute approximate surface area is 191 Å². The second-order valence-electron chi connectivity index (χ2n) is 6.82. The molecule has 168 valence electrons. The highest BCUT2D eigenvalue weighted by Gasteiger charge is 2.43. The molecule has 2 heterocycles. The Morgan fingerprint density at radius 2 is 1.97 bits per heavy atom. The molecule has 0 saturated carbocycles. The van der Waals surface area contributed by atoms with E-state index in [9.17, 15) is 24.3 Å². The monoisotopic (exact) mass is 476 g/mol. The van der Waals surface area contributed by atoms with Crippen molar-refractivity contribution in [1.29, 1.82) is 0 Å². The van der Waals surface area contributed by atoms with Crippen molar-refractivity contribution >= 4 is 46.9 Å². The number of nitrogens with one attached hydrogen (secondary N) is 1. The Bertz CT molecular complexity index is 1110. The number of likely N-dealkylation sites (tertiary alicyclic amines) is 1. The molecule has 2 aromatic rings. The third-order valence-corrected chi connectivity index (χ3v) is 6.75. The van der Waals surface area contributed by atoms with Crippen LogP contribution < -0.4 is 5.32 Å². The third kappa shape index (κ3) is 4.97. The molecule has 0 spiro atoms. The molecule has 0 bridgehead atoms. The normalized spacial score (nSPS) is 16.2. The van der Waals surface area contributed by atoms with Gasteiger partial charge in [0.15, 0.2) is 4.34 Å². The number of ether oxygens (including phenoxy) is 1. The summed E-state index contributed by atoms with van der Waals surface area (Å²) in [5.41, 5.74) is 0.519. The molecule has 2 amide bonds. The van der Waals surface area contributed by atoms with Crippen LogP contribution in [-0.2, 0) is 14.3 Å². The number of carboxylic acid groups (broad SMARTS) is 1. The van der Waals surface area contributed by atoms with E-state index in [0.29, 0.717) is 11.3 Å². The molecule has 10 nitrogen and oxygen atoms in total. The molecule has 2 N–H and O–H groups in total. The number of aryl methyl sites for hydroxylation is 1. The quantitative estimate of drug-likeness (QED) is 0.252. The molecule has 12 heteroatoms. The van der Waals surface area contributed by atoms with Crippen molar-refractivity contribution in [3.05, 3.63) is 51.7 Å². The van der Waals surface area contributed by atoms with E-state index >= 15 is 0 Å². The van der Waals surface area contributed by atoms with Crippen LogP contribution in [0.3, 0.4) is 0 Å². The Morgan fingerprint density at radius 1 is 1.28 bits per heavy atom. The summed E-state index contributed by atoms with van der Waals surface area (Å²) >= 11 is 2.81. The number of methoxy groups -OCH3 is 1. The van der Waals surface area contributed by atoms with Crippen LogP contribution in [-0.4, -0.2) is 69.4 Å². The van der Waals surface area contributed by atoms with E-state index in [2.05, 4.69) is 15.5 Å². The first-order valence-corrected chi connectivity index (χ1v) is 11.2. The van der Waals surface area contributed by atoms with Crippen molar-refractivity contribution in [2.75, 3.05) is 19.4 Å². The zero-order valence-electron chi connectivity index (χ0n) is 17.4. The Balaban J connectivity index is 1.71. The zero-order chi connectivity index (χ0) is 23.4. The maximum Gasteiger partial charge on any atom is 0.354 e. The molecule has 1 aromatic carbocycles. The summed E-state index contributed by atoms with van der Waals surface area (Å²) in [4.78, 5) is 50.2. The van der Waals surface area contributed by atoms with Gasteiger partial charge in [0.2, 0.25) is 0 Å². The average Bonchev–Trinajstić information content (AvgIpc) is 3.20. The number of hydrogen-bond acceptors (Lipinski definition) is 9. The second kappa shape index (κ2) is 9.92. The minimum Gasteiger partial charge on any atom is -0.478 e. The number of hydrogen-bond donors (Lipinski definition) is 2. The van der Waals surface area contributed by atoms with Gasteiger partial charge < -0.3 is 20.1 Å². The number of carbonyl (C=O) groups excluding carboxylic acids is 3. The predicted octanol–water partition coefficient (Wildman–Crippen LogP) is 1.72. The van der Waals surface area contributed by atoms with Crippen LogP contribution in [0.2, 0.25) is 0 Å². The van der Waals surface area contributed by atoms with Crippen molar-refractivity contribution in [1.82, 2.24) is 20.4 Å². The number of nitrogens with zero attached hydrogens (tertiary/aromatic N) is 3. The van der Waals surface area contributed by atoms with Gasteiger partial charge in [-0.15, -0.1) is 10.2 Å². The molecular formula is C20H20N4O6S2. The predicted molar refractivity (Wildman–Crippen MR) is 116 cm³/mol. The number of benzene rings is 1. The molecule has 3 rings (SSSR count). The third-order valence-electron chi connectivity index (χ3n) is 4.61. The molecule has 0 aliphatic carbocycles. The summed E-state index contributed by atoms with van der Waals surface area (Å²) in [6, 6.07) is 4.85. The van der Waals surface area contributed by atoms with Gasteiger partial charge in [0.05, 0.1) is 24.8 Å². The largest absolute Gasteiger partial charge is 0.478 e. The van der Waals surface area contributed by atoms with Gasteiger partial charge in [-0.05, 0) is 31.6 Å². The lowest BCUT2D eigenvalue weighted by atomic mass is 10.0. The van der Waals surface area contributed by atoms with E-state index in [1.165, 1.54) is 59.4 Å². The fourth-order valence-corrected chi connectivity index (χ4v) is 4.79. The molecule has 32 heavy (non-hydrogen) atoms. The summed E-state index contributed by atoms with van der Waals surface area (Å²) in [6.07, 6.45) is 0. The standard InChI is InChI=1S/C20H20N4O6S2/c1-10(9-31-20-23-22-11(2)32-20)15(19(29)30-3)24-8-14(17(24)26)21-16(25)12-6-4-5-7-13(12)18(27)28/h4-7,14H,8-9H2,1-3H3,(H,21,25)(H,27,28). The number of aromatic nitrogens is 2. The molecule has 1 aliphatic heterocycles. The molecule has 1 saturated heterocycles. The van der Waals surface area contributed by atoms with Crippen LogP contribution in [0.5, 0.6) is 0 Å². The summed E-state index contributed by atoms with van der Waals surface area (Å²) in [5, 5.41) is 20.6. The first-order valence-electron chi connectivity index (χ1n) is 9.38. The first kappa shape index (κ1) is 23.4. The Hall–Kier alpha value is -3.25. The second-order valence-corrected chi connectivity index (χ2v) is 9.23. The number of aromatic carboxylic acids is 1. The van der Waals surface area contributed by atoms with Crippen LogP contribution >= 0.6 is 23.1 Å². The first-order chi connectivity index (χ1) is 15.2. The SMILES string of the molecule is COC(=O)C(=C(C)CSc1nnc(C)s1)N1CC(NC(=O)c2ccccc2C(=O)O)C1=O. The van der Waals surface area contributed by atoms with Crippen LogP contribution in [0.4, 0.5) is 0 Å². The minimum absolute atomic E-state index is 0.0464. The van der Waals surface area contributed by atoms with Gasteiger partial charge >= 0.3 is 11.9 Å². The molecule has 1 fully saturated rings. The van der Waals surface area contributed by atoms with Gasteiger partial charge in [-0.25, -0.2) is 9.59 Å². The number of carboxylic acids is 1. The number of β-lactam (4-membered cyclic amide) rings is 1. The minimum atomic E-state index is -1.24. The van der Waals surface area contributed by atoms with E-state index in [1.807, 2.05) is 6.92 Å². The molecular weight excluding hydrogens is 456 g/mol. The fourth-order valence-electron chi connectivity index (χ4n) is 3.03. The van der Waals surface area contributed by atoms with E-state index in [0.717, 1.165) is 9.35 Å². The molecule has 1 unspecified atom stereocenters. The van der Waals surface area contributed by atoms with Gasteiger partial charge in [-0.2, -0.15) is 0 Å². The summed E-state index contributed by atoms with van der Waals surface area (Å²) in [5.74, 6) is -2.67. The number of rotatable bonds is 8. The number of carbonyl (C=O) groups is 4. The highest BCUT2D eigenvalue weighted by atomic mass is 32.2. The van der Waals surface area contributed by atoms with Gasteiger partial charge in [0, 0.05) is 5.75 Å². The lowest BCUT2D eigenvalue weighted by Crippen LogP contribution is -2.64. The highest BCUT2D eigenvalue weighted by molar-refractivity contribution is 8.01. The van der Waals surface area contributed by atoms with Gasteiger partial charge in [0.1, 0.15) is 16.7 Å². The number of amides is 2. The average molecular weight is 477 g/mol. The fraction of sp³-hybridized carbons (Fsp3) is 0.300. The van der Waals surface area contributed by atoms with E-state index in [1.54, 1.807) is 6.92 Å². The topological polar surface area (TPSA) is 139 Å². The van der Waals surface area contributed by atoms with Crippen molar-refractivity contribution in [3.8, 4) is 0 Å². The van der Waals surface area contributed by atoms with Gasteiger partial charge in [-0.3, -0.25) is 9.59 Å². The number of thioether (sulfide) groups is 1. The van der Waals surface area contributed by atoms with Gasteiger partial charge in [0.25, 0.3) is 11.8 Å². The van der Waals surface area contributed by atoms with E-state index in [4.69, 9.17) is 4.74 Å². The lowest BCUT2D eigenvalue weighted by Gasteiger charge is -2.39. The van der Waals surface area contributed by atoms with Crippen LogP contribution in [0.1, 0.15) is 32.6 Å². The van der Waals surface area contributed by atoms with Crippen molar-refractivity contribution < 1.29 is 29.0 Å². The van der Waals surface area contributed by atoms with Crippen LogP contribution in [0.25, 0.3) is 0 Å². The smallest absolute Gasteiger partial charge is 0.354 e. The van der Waals surface area contributed by atoms with E-state index < -0.39 is 29.8 Å². The summed E-state index contributed by atoms with van der Waals surface area (Å²) in [7, 11) is 1.23. The summed E-state index contributed by atoms with van der Waals surface area (Å²) in [6.45, 7) is 3.62. The number of esters is 1. The summed E-state index contributed by atoms with van der Waals surface area (Å²) < 4.78 is 5.58. The maximum atomic E-state index is 12.7. The van der Waals surface area contributed by atoms with Crippen molar-refractivity contribution in [2.24, 2.45) is 0 Å². The van der Waals surface area contributed by atoms with Crippen molar-refractivity contribution in [3.63, 3.8) is 0 Å². The Morgan fingerprint density at radius 3 is 2.53 bits per heavy atom. The molecule has 1 aliphatic rings. The molecule has 1 atom stereocenters. The zero-order valence-corrected chi connectivity index (χ0v) is 19.1. The lowest BCUT2D eigenvalue weighted by molar-refractivity contribution is -0.148. The van der Waals surface area contributed by atoms with Crippen LogP contribution in [0, 0.1) is 6.92 Å². The van der Waals surface area contributed by atoms with E-state index in [-0.39, 0.29) is 23.4 Å². The van der Waals surface area contributed by atoms with Crippen LogP contribution in [0.15, 0.2) is 39.9 Å². The highest BCUT2D eigenvalue weighted by Crippen LogP contribution is 2.28. The van der Waals surface area contributed by atoms with Crippen molar-refractivity contribution in [2.45, 2.75) is 24.2 Å².